The van der Waals surface area contributed by atoms with E-state index in [1.807, 2.05) is 0 Å². The number of nitrogens with zero attached hydrogens (tertiary/aromatic N) is 2. The summed E-state index contributed by atoms with van der Waals surface area (Å²) in [6.07, 6.45) is -3.22. The highest BCUT2D eigenvalue weighted by Crippen LogP contribution is 2.31. The molecule has 1 rings (SSSR count). The van der Waals surface area contributed by atoms with Crippen LogP contribution in [0.15, 0.2) is 6.20 Å². The molecule has 0 unspecified atom stereocenters. The van der Waals surface area contributed by atoms with Gasteiger partial charge < -0.3 is 0 Å². The normalized spacial score (nSPS) is 10.6. The molecule has 0 saturated heterocycles. The van der Waals surface area contributed by atoms with Gasteiger partial charge in [-0.15, -0.1) is 0 Å². The maximum Gasteiger partial charge on any atom is 0.299 e. The molecule has 1 heterocycles. The van der Waals surface area contributed by atoms with Crippen LogP contribution in [-0.4, -0.2) is 9.91 Å². The van der Waals surface area contributed by atoms with Crippen molar-refractivity contribution in [1.82, 2.24) is 4.98 Å². The van der Waals surface area contributed by atoms with Crippen molar-refractivity contribution >= 4 is 5.69 Å². The molecule has 0 fully saturated rings. The fourth-order valence-electron chi connectivity index (χ4n) is 0.821. The van der Waals surface area contributed by atoms with Crippen LogP contribution >= 0.6 is 0 Å². The summed E-state index contributed by atoms with van der Waals surface area (Å²) in [7, 11) is 0. The summed E-state index contributed by atoms with van der Waals surface area (Å²) >= 11 is 0. The Morgan fingerprint density at radius 1 is 1.43 bits per heavy atom. The highest BCUT2D eigenvalue weighted by atomic mass is 19.3. The molecule has 0 radical (unpaired) electrons. The summed E-state index contributed by atoms with van der Waals surface area (Å²) in [4.78, 5) is 11.5. The standard InChI is InChI=1S/C6H2F4N2O2/c7-4-3(5(8)9)2(12(13)14)1-11-6(4)10/h1,5H. The molecule has 0 aliphatic rings. The molecule has 0 saturated carbocycles. The smallest absolute Gasteiger partial charge is 0.258 e. The molecule has 0 aliphatic carbocycles. The van der Waals surface area contributed by atoms with Gasteiger partial charge in [-0.3, -0.25) is 10.1 Å². The summed E-state index contributed by atoms with van der Waals surface area (Å²) in [5, 5.41) is 10.1. The molecule has 14 heavy (non-hydrogen) atoms. The first-order valence-electron chi connectivity index (χ1n) is 3.21. The van der Waals surface area contributed by atoms with Crippen LogP contribution in [0.25, 0.3) is 0 Å². The van der Waals surface area contributed by atoms with Gasteiger partial charge in [0, 0.05) is 0 Å². The van der Waals surface area contributed by atoms with E-state index >= 15 is 0 Å². The molecule has 1 aromatic heterocycles. The first-order valence-corrected chi connectivity index (χ1v) is 3.21. The average molecular weight is 210 g/mol. The highest BCUT2D eigenvalue weighted by Gasteiger charge is 2.29. The second-order valence-corrected chi connectivity index (χ2v) is 2.22. The van der Waals surface area contributed by atoms with E-state index in [0.29, 0.717) is 0 Å². The highest BCUT2D eigenvalue weighted by molar-refractivity contribution is 5.39. The van der Waals surface area contributed by atoms with Crippen molar-refractivity contribution in [3.8, 4) is 0 Å². The number of hydrogen-bond donors (Lipinski definition) is 0. The number of nitro groups is 1. The Labute approximate surface area is 74.3 Å². The van der Waals surface area contributed by atoms with Crippen LogP contribution in [0.1, 0.15) is 12.0 Å². The summed E-state index contributed by atoms with van der Waals surface area (Å²) in [5.41, 5.74) is -2.82. The second-order valence-electron chi connectivity index (χ2n) is 2.22. The monoisotopic (exact) mass is 210 g/mol. The van der Waals surface area contributed by atoms with Crippen LogP contribution in [0.4, 0.5) is 23.2 Å². The molecule has 1 aromatic rings. The van der Waals surface area contributed by atoms with E-state index in [1.165, 1.54) is 0 Å². The minimum Gasteiger partial charge on any atom is -0.258 e. The molecule has 0 N–H and O–H groups in total. The minimum absolute atomic E-state index is 0.250. The summed E-state index contributed by atoms with van der Waals surface area (Å²) in [5.74, 6) is -3.78. The Kier molecular flexibility index (Phi) is 2.63. The van der Waals surface area contributed by atoms with Gasteiger partial charge >= 0.3 is 0 Å². The Hall–Kier alpha value is -1.73. The van der Waals surface area contributed by atoms with Gasteiger partial charge in [0.2, 0.25) is 5.95 Å². The first kappa shape index (κ1) is 10.4. The quantitative estimate of drug-likeness (QED) is 0.325. The van der Waals surface area contributed by atoms with Crippen molar-refractivity contribution in [1.29, 1.82) is 0 Å². The van der Waals surface area contributed by atoms with E-state index in [4.69, 9.17) is 0 Å². The lowest BCUT2D eigenvalue weighted by Crippen LogP contribution is -2.03. The lowest BCUT2D eigenvalue weighted by molar-refractivity contribution is -0.386. The molecule has 4 nitrogen and oxygen atoms in total. The van der Waals surface area contributed by atoms with Gasteiger partial charge in [-0.2, -0.15) is 4.39 Å². The second kappa shape index (κ2) is 3.56. The van der Waals surface area contributed by atoms with Crippen molar-refractivity contribution < 1.29 is 22.5 Å². The van der Waals surface area contributed by atoms with Gasteiger partial charge in [0.15, 0.2) is 5.82 Å². The number of hydrogen-bond acceptors (Lipinski definition) is 3. The van der Waals surface area contributed by atoms with Crippen LogP contribution in [-0.2, 0) is 0 Å². The van der Waals surface area contributed by atoms with E-state index in [-0.39, 0.29) is 6.20 Å². The van der Waals surface area contributed by atoms with Crippen molar-refractivity contribution in [2.75, 3.05) is 0 Å². The lowest BCUT2D eigenvalue weighted by atomic mass is 10.2. The SMILES string of the molecule is O=[N+]([O-])c1cnc(F)c(F)c1C(F)F. The number of halogens is 4. The van der Waals surface area contributed by atoms with Crippen LogP contribution in [0.5, 0.6) is 0 Å². The molecule has 76 valence electrons. The molecule has 0 atom stereocenters. The zero-order chi connectivity index (χ0) is 10.9. The van der Waals surface area contributed by atoms with Crippen molar-refractivity contribution in [3.05, 3.63) is 33.6 Å². The molecule has 0 amide bonds. The number of aromatic nitrogens is 1. The third-order valence-corrected chi connectivity index (χ3v) is 1.41. The first-order chi connectivity index (χ1) is 6.45. The Balaban J connectivity index is 3.45. The van der Waals surface area contributed by atoms with E-state index in [9.17, 15) is 27.7 Å². The van der Waals surface area contributed by atoms with Crippen LogP contribution in [0.2, 0.25) is 0 Å². The third kappa shape index (κ3) is 1.63. The summed E-state index contributed by atoms with van der Waals surface area (Å²) in [6, 6.07) is 0. The number of rotatable bonds is 2. The topological polar surface area (TPSA) is 56.0 Å². The molecule has 0 aromatic carbocycles. The fraction of sp³-hybridized carbons (Fsp3) is 0.167. The third-order valence-electron chi connectivity index (χ3n) is 1.41. The summed E-state index contributed by atoms with van der Waals surface area (Å²) < 4.78 is 49.2. The van der Waals surface area contributed by atoms with Crippen molar-refractivity contribution in [3.63, 3.8) is 0 Å². The average Bonchev–Trinajstić information content (AvgIpc) is 2.08. The van der Waals surface area contributed by atoms with E-state index < -0.39 is 34.4 Å². The van der Waals surface area contributed by atoms with E-state index in [1.54, 1.807) is 0 Å². The van der Waals surface area contributed by atoms with Crippen LogP contribution < -0.4 is 0 Å². The fourth-order valence-corrected chi connectivity index (χ4v) is 0.821. The minimum atomic E-state index is -3.46. The van der Waals surface area contributed by atoms with Gasteiger partial charge in [-0.1, -0.05) is 0 Å². The number of pyridine rings is 1. The molecular formula is C6H2F4N2O2. The van der Waals surface area contributed by atoms with Gasteiger partial charge in [0.1, 0.15) is 11.8 Å². The maximum absolute atomic E-state index is 12.7. The van der Waals surface area contributed by atoms with Crippen molar-refractivity contribution in [2.45, 2.75) is 6.43 Å². The van der Waals surface area contributed by atoms with Gasteiger partial charge in [-0.25, -0.2) is 18.2 Å². The molecule has 0 spiro atoms. The number of alkyl halides is 2. The van der Waals surface area contributed by atoms with E-state index in [2.05, 4.69) is 4.98 Å². The zero-order valence-corrected chi connectivity index (χ0v) is 6.38. The van der Waals surface area contributed by atoms with Gasteiger partial charge in [0.25, 0.3) is 12.1 Å². The molecule has 0 aliphatic heterocycles. The Bertz CT molecular complexity index is 382. The predicted octanol–water partition coefficient (Wildman–Crippen LogP) is 2.21. The Morgan fingerprint density at radius 2 is 2.00 bits per heavy atom. The van der Waals surface area contributed by atoms with Crippen molar-refractivity contribution in [2.24, 2.45) is 0 Å². The molecular weight excluding hydrogens is 208 g/mol. The van der Waals surface area contributed by atoms with E-state index in [0.717, 1.165) is 0 Å². The molecule has 8 heteroatoms. The largest absolute Gasteiger partial charge is 0.299 e. The van der Waals surface area contributed by atoms with Gasteiger partial charge in [0.05, 0.1) is 4.92 Å². The summed E-state index contributed by atoms with van der Waals surface area (Å²) in [6.45, 7) is 0. The Morgan fingerprint density at radius 3 is 2.43 bits per heavy atom. The van der Waals surface area contributed by atoms with Crippen LogP contribution in [0, 0.1) is 21.9 Å². The molecule has 0 bridgehead atoms. The predicted molar refractivity (Wildman–Crippen MR) is 35.8 cm³/mol. The van der Waals surface area contributed by atoms with Gasteiger partial charge in [-0.05, 0) is 0 Å². The zero-order valence-electron chi connectivity index (χ0n) is 6.38. The maximum atomic E-state index is 12.7. The lowest BCUT2D eigenvalue weighted by Gasteiger charge is -2.02. The van der Waals surface area contributed by atoms with Crippen LogP contribution in [0.3, 0.4) is 0 Å².